The molecule has 1 aromatic heterocycles. The van der Waals surface area contributed by atoms with Crippen LogP contribution in [0.4, 0.5) is 5.82 Å². The Labute approximate surface area is 110 Å². The van der Waals surface area contributed by atoms with Crippen molar-refractivity contribution in [2.45, 2.75) is 26.8 Å². The van der Waals surface area contributed by atoms with Crippen molar-refractivity contribution < 1.29 is 4.74 Å². The van der Waals surface area contributed by atoms with Crippen LogP contribution in [0.1, 0.15) is 20.8 Å². The first-order chi connectivity index (χ1) is 8.52. The lowest BCUT2D eigenvalue weighted by Crippen LogP contribution is -2.36. The first kappa shape index (κ1) is 14.8. The molecule has 102 valence electrons. The van der Waals surface area contributed by atoms with Gasteiger partial charge in [0.05, 0.1) is 6.61 Å². The minimum absolute atomic E-state index is 0.379. The van der Waals surface area contributed by atoms with Gasteiger partial charge in [-0.2, -0.15) is 4.98 Å². The van der Waals surface area contributed by atoms with Crippen LogP contribution in [-0.4, -0.2) is 43.2 Å². The first-order valence-electron chi connectivity index (χ1n) is 6.54. The van der Waals surface area contributed by atoms with Crippen molar-refractivity contribution in [3.8, 4) is 5.88 Å². The van der Waals surface area contributed by atoms with E-state index in [9.17, 15) is 0 Å². The normalized spacial score (nSPS) is 12.8. The fraction of sp³-hybridized carbons (Fsp3) is 0.643. The summed E-state index contributed by atoms with van der Waals surface area (Å²) in [5.74, 6) is 2.10. The number of pyridine rings is 1. The average Bonchev–Trinajstić information content (AvgIpc) is 2.28. The molecule has 1 unspecified atom stereocenters. The maximum absolute atomic E-state index is 5.41. The molecular weight excluding hydrogens is 226 g/mol. The zero-order chi connectivity index (χ0) is 13.5. The molecule has 0 radical (unpaired) electrons. The Balaban J connectivity index is 2.70. The minimum atomic E-state index is 0.379. The molecule has 0 aromatic carbocycles. The SMILES string of the molecule is CCOc1cccc(NC(CN(C)C)C(C)C)n1. The number of anilines is 1. The zero-order valence-electron chi connectivity index (χ0n) is 12.1. The van der Waals surface area contributed by atoms with E-state index in [4.69, 9.17) is 4.74 Å². The van der Waals surface area contributed by atoms with Crippen LogP contribution >= 0.6 is 0 Å². The average molecular weight is 251 g/mol. The van der Waals surface area contributed by atoms with Crippen molar-refractivity contribution >= 4 is 5.82 Å². The van der Waals surface area contributed by atoms with Crippen LogP contribution in [0.15, 0.2) is 18.2 Å². The lowest BCUT2D eigenvalue weighted by atomic mass is 10.0. The summed E-state index contributed by atoms with van der Waals surface area (Å²) >= 11 is 0. The van der Waals surface area contributed by atoms with Gasteiger partial charge in [-0.3, -0.25) is 0 Å². The summed E-state index contributed by atoms with van der Waals surface area (Å²) in [5.41, 5.74) is 0. The van der Waals surface area contributed by atoms with Gasteiger partial charge < -0.3 is 15.0 Å². The van der Waals surface area contributed by atoms with Crippen molar-refractivity contribution in [2.24, 2.45) is 5.92 Å². The highest BCUT2D eigenvalue weighted by Gasteiger charge is 2.14. The molecule has 1 atom stereocenters. The van der Waals surface area contributed by atoms with Crippen LogP contribution in [0.2, 0.25) is 0 Å². The van der Waals surface area contributed by atoms with Crippen LogP contribution < -0.4 is 10.1 Å². The second-order valence-corrected chi connectivity index (χ2v) is 5.05. The highest BCUT2D eigenvalue weighted by Crippen LogP contribution is 2.15. The van der Waals surface area contributed by atoms with Gasteiger partial charge in [0.25, 0.3) is 0 Å². The highest BCUT2D eigenvalue weighted by molar-refractivity contribution is 5.38. The largest absolute Gasteiger partial charge is 0.478 e. The maximum atomic E-state index is 5.41. The summed E-state index contributed by atoms with van der Waals surface area (Å²) in [6.07, 6.45) is 0. The summed E-state index contributed by atoms with van der Waals surface area (Å²) in [7, 11) is 4.17. The highest BCUT2D eigenvalue weighted by atomic mass is 16.5. The lowest BCUT2D eigenvalue weighted by molar-refractivity contribution is 0.326. The Morgan fingerprint density at radius 1 is 1.33 bits per heavy atom. The Morgan fingerprint density at radius 2 is 2.06 bits per heavy atom. The van der Waals surface area contributed by atoms with E-state index < -0.39 is 0 Å². The number of nitrogens with zero attached hydrogens (tertiary/aromatic N) is 2. The summed E-state index contributed by atoms with van der Waals surface area (Å²) in [6, 6.07) is 6.20. The molecule has 4 nitrogen and oxygen atoms in total. The quantitative estimate of drug-likeness (QED) is 0.808. The molecule has 1 N–H and O–H groups in total. The number of hydrogen-bond acceptors (Lipinski definition) is 4. The number of nitrogens with one attached hydrogen (secondary N) is 1. The molecule has 1 aromatic rings. The molecule has 0 spiro atoms. The van der Waals surface area contributed by atoms with E-state index in [1.54, 1.807) is 0 Å². The number of likely N-dealkylation sites (N-methyl/N-ethyl adjacent to an activating group) is 1. The molecule has 0 aliphatic heterocycles. The molecule has 0 aliphatic carbocycles. The van der Waals surface area contributed by atoms with Crippen LogP contribution in [0.25, 0.3) is 0 Å². The zero-order valence-corrected chi connectivity index (χ0v) is 12.1. The van der Waals surface area contributed by atoms with E-state index in [0.29, 0.717) is 24.4 Å². The van der Waals surface area contributed by atoms with E-state index >= 15 is 0 Å². The third-order valence-corrected chi connectivity index (χ3v) is 2.72. The van der Waals surface area contributed by atoms with E-state index in [0.717, 1.165) is 12.4 Å². The summed E-state index contributed by atoms with van der Waals surface area (Å²) in [6.45, 7) is 8.02. The van der Waals surface area contributed by atoms with Gasteiger partial charge >= 0.3 is 0 Å². The van der Waals surface area contributed by atoms with E-state index in [2.05, 4.69) is 43.1 Å². The Bertz CT molecular complexity index is 353. The third kappa shape index (κ3) is 4.92. The number of aromatic nitrogens is 1. The molecule has 0 aliphatic rings. The maximum Gasteiger partial charge on any atom is 0.215 e. The molecular formula is C14H25N3O. The lowest BCUT2D eigenvalue weighted by Gasteiger charge is -2.26. The predicted octanol–water partition coefficient (Wildman–Crippen LogP) is 2.48. The fourth-order valence-corrected chi connectivity index (χ4v) is 1.73. The van der Waals surface area contributed by atoms with Crippen molar-refractivity contribution in [1.29, 1.82) is 0 Å². The van der Waals surface area contributed by atoms with Crippen molar-refractivity contribution in [1.82, 2.24) is 9.88 Å². The standard InChI is InChI=1S/C14H25N3O/c1-6-18-14-9-7-8-13(16-14)15-12(11(2)3)10-17(4)5/h7-9,11-12H,6,10H2,1-5H3,(H,15,16). The smallest absolute Gasteiger partial charge is 0.215 e. The van der Waals surface area contributed by atoms with Gasteiger partial charge in [0.2, 0.25) is 5.88 Å². The second kappa shape index (κ2) is 7.21. The molecule has 1 rings (SSSR count). The predicted molar refractivity (Wildman–Crippen MR) is 76.2 cm³/mol. The van der Waals surface area contributed by atoms with Crippen molar-refractivity contribution in [3.05, 3.63) is 18.2 Å². The minimum Gasteiger partial charge on any atom is -0.478 e. The molecule has 1 heterocycles. The van der Waals surface area contributed by atoms with E-state index in [1.165, 1.54) is 0 Å². The number of ether oxygens (including phenoxy) is 1. The van der Waals surface area contributed by atoms with Crippen molar-refractivity contribution in [3.63, 3.8) is 0 Å². The van der Waals surface area contributed by atoms with Gasteiger partial charge in [-0.05, 0) is 33.0 Å². The Kier molecular flexibility index (Phi) is 5.92. The fourth-order valence-electron chi connectivity index (χ4n) is 1.73. The van der Waals surface area contributed by atoms with E-state index in [-0.39, 0.29) is 0 Å². The Hall–Kier alpha value is -1.29. The van der Waals surface area contributed by atoms with Gasteiger partial charge in [-0.15, -0.1) is 0 Å². The summed E-state index contributed by atoms with van der Waals surface area (Å²) in [4.78, 5) is 6.62. The molecule has 0 saturated heterocycles. The molecule has 0 amide bonds. The van der Waals surface area contributed by atoms with Crippen LogP contribution in [0.3, 0.4) is 0 Å². The topological polar surface area (TPSA) is 37.4 Å². The number of rotatable bonds is 7. The molecule has 0 fully saturated rings. The molecule has 4 heteroatoms. The van der Waals surface area contributed by atoms with Crippen LogP contribution in [0.5, 0.6) is 5.88 Å². The summed E-state index contributed by atoms with van der Waals surface area (Å²) in [5, 5.41) is 3.48. The van der Waals surface area contributed by atoms with Crippen LogP contribution in [-0.2, 0) is 0 Å². The molecule has 18 heavy (non-hydrogen) atoms. The number of hydrogen-bond donors (Lipinski definition) is 1. The van der Waals surface area contributed by atoms with Gasteiger partial charge in [0.15, 0.2) is 0 Å². The van der Waals surface area contributed by atoms with Gasteiger partial charge in [-0.1, -0.05) is 19.9 Å². The Morgan fingerprint density at radius 3 is 2.61 bits per heavy atom. The third-order valence-electron chi connectivity index (χ3n) is 2.72. The van der Waals surface area contributed by atoms with E-state index in [1.807, 2.05) is 25.1 Å². The van der Waals surface area contributed by atoms with Crippen molar-refractivity contribution in [2.75, 3.05) is 32.6 Å². The molecule has 0 bridgehead atoms. The van der Waals surface area contributed by atoms with Crippen LogP contribution in [0, 0.1) is 5.92 Å². The monoisotopic (exact) mass is 251 g/mol. The summed E-state index contributed by atoms with van der Waals surface area (Å²) < 4.78 is 5.41. The van der Waals surface area contributed by atoms with Gasteiger partial charge in [0.1, 0.15) is 5.82 Å². The van der Waals surface area contributed by atoms with Gasteiger partial charge in [0, 0.05) is 18.7 Å². The van der Waals surface area contributed by atoms with Gasteiger partial charge in [-0.25, -0.2) is 0 Å². The first-order valence-corrected chi connectivity index (χ1v) is 6.54. The molecule has 0 saturated carbocycles. The second-order valence-electron chi connectivity index (χ2n) is 5.05.